The summed E-state index contributed by atoms with van der Waals surface area (Å²) >= 11 is 0. The van der Waals surface area contributed by atoms with Gasteiger partial charge in [-0.25, -0.2) is 4.98 Å². The third-order valence-electron chi connectivity index (χ3n) is 6.28. The number of carbonyl (C=O) groups is 1. The van der Waals surface area contributed by atoms with Gasteiger partial charge >= 0.3 is 0 Å². The molecule has 1 aromatic heterocycles. The smallest absolute Gasteiger partial charge is 0.223 e. The van der Waals surface area contributed by atoms with E-state index in [4.69, 9.17) is 4.74 Å². The summed E-state index contributed by atoms with van der Waals surface area (Å²) in [7, 11) is 2.05. The molecule has 26 heavy (non-hydrogen) atoms. The van der Waals surface area contributed by atoms with E-state index in [2.05, 4.69) is 28.8 Å². The van der Waals surface area contributed by atoms with Crippen LogP contribution >= 0.6 is 0 Å². The Morgan fingerprint density at radius 1 is 1.27 bits per heavy atom. The molecule has 2 atom stereocenters. The fourth-order valence-corrected chi connectivity index (χ4v) is 4.83. The van der Waals surface area contributed by atoms with Crippen LogP contribution in [0, 0.1) is 11.8 Å². The highest BCUT2D eigenvalue weighted by atomic mass is 16.5. The molecule has 3 aliphatic rings. The quantitative estimate of drug-likeness (QED) is 0.733. The van der Waals surface area contributed by atoms with E-state index in [0.717, 1.165) is 37.6 Å². The van der Waals surface area contributed by atoms with Gasteiger partial charge in [0.1, 0.15) is 0 Å². The highest BCUT2D eigenvalue weighted by Gasteiger charge is 2.32. The standard InChI is InChI=1S/C21H31N3O2/c1-23-15-22-19-12-24(20(25)10-16-6-2-3-7-16)11-18(21(19)23)14-26-13-17-8-4-5-9-17/h2,6,15-18H,3-5,7-14H2,1H3/t16-,18-/m0/s1. The topological polar surface area (TPSA) is 47.4 Å². The molecule has 0 saturated heterocycles. The first-order chi connectivity index (χ1) is 12.7. The van der Waals surface area contributed by atoms with Crippen LogP contribution in [0.2, 0.25) is 0 Å². The summed E-state index contributed by atoms with van der Waals surface area (Å²) < 4.78 is 8.22. The van der Waals surface area contributed by atoms with Crippen LogP contribution in [-0.2, 0) is 23.1 Å². The number of rotatable bonds is 6. The Labute approximate surface area is 156 Å². The molecule has 142 valence electrons. The van der Waals surface area contributed by atoms with Crippen LogP contribution in [0.1, 0.15) is 62.3 Å². The van der Waals surface area contributed by atoms with Crippen molar-refractivity contribution in [2.45, 2.75) is 57.4 Å². The molecule has 0 spiro atoms. The Balaban J connectivity index is 1.39. The van der Waals surface area contributed by atoms with Crippen LogP contribution in [0.3, 0.4) is 0 Å². The van der Waals surface area contributed by atoms with Gasteiger partial charge in [0.2, 0.25) is 5.91 Å². The molecule has 0 aromatic carbocycles. The summed E-state index contributed by atoms with van der Waals surface area (Å²) in [6, 6.07) is 0. The normalized spacial score (nSPS) is 25.8. The zero-order chi connectivity index (χ0) is 17.9. The van der Waals surface area contributed by atoms with Gasteiger partial charge in [-0.3, -0.25) is 4.79 Å². The van der Waals surface area contributed by atoms with Gasteiger partial charge in [-0.15, -0.1) is 0 Å². The molecule has 5 heteroatoms. The molecule has 1 aromatic rings. The van der Waals surface area contributed by atoms with E-state index in [1.807, 2.05) is 11.2 Å². The number of hydrogen-bond donors (Lipinski definition) is 0. The number of aryl methyl sites for hydroxylation is 1. The highest BCUT2D eigenvalue weighted by molar-refractivity contribution is 5.77. The van der Waals surface area contributed by atoms with Crippen LogP contribution < -0.4 is 0 Å². The summed E-state index contributed by atoms with van der Waals surface area (Å²) in [4.78, 5) is 19.4. The van der Waals surface area contributed by atoms with Crippen LogP contribution in [0.15, 0.2) is 18.5 Å². The summed E-state index contributed by atoms with van der Waals surface area (Å²) in [5, 5.41) is 0. The Bertz CT molecular complexity index is 660. The van der Waals surface area contributed by atoms with Gasteiger partial charge in [0.05, 0.1) is 25.2 Å². The molecule has 1 saturated carbocycles. The number of nitrogens with zero attached hydrogens (tertiary/aromatic N) is 3. The van der Waals surface area contributed by atoms with Crippen molar-refractivity contribution in [3.8, 4) is 0 Å². The van der Waals surface area contributed by atoms with E-state index in [-0.39, 0.29) is 11.8 Å². The molecule has 0 N–H and O–H groups in total. The molecule has 2 heterocycles. The largest absolute Gasteiger partial charge is 0.380 e. The van der Waals surface area contributed by atoms with Crippen molar-refractivity contribution in [2.75, 3.05) is 19.8 Å². The molecular formula is C21H31N3O2. The molecule has 0 unspecified atom stereocenters. The third-order valence-corrected chi connectivity index (χ3v) is 6.28. The van der Waals surface area contributed by atoms with Gasteiger partial charge < -0.3 is 14.2 Å². The molecule has 0 radical (unpaired) electrons. The zero-order valence-electron chi connectivity index (χ0n) is 15.9. The second kappa shape index (κ2) is 7.95. The predicted molar refractivity (Wildman–Crippen MR) is 101 cm³/mol. The van der Waals surface area contributed by atoms with Crippen molar-refractivity contribution in [1.82, 2.24) is 14.5 Å². The van der Waals surface area contributed by atoms with E-state index < -0.39 is 0 Å². The molecule has 5 nitrogen and oxygen atoms in total. The number of allylic oxidation sites excluding steroid dienone is 2. The van der Waals surface area contributed by atoms with Crippen LogP contribution in [-0.4, -0.2) is 40.1 Å². The second-order valence-electron chi connectivity index (χ2n) is 8.32. The lowest BCUT2D eigenvalue weighted by Gasteiger charge is -2.33. The monoisotopic (exact) mass is 357 g/mol. The average molecular weight is 357 g/mol. The summed E-state index contributed by atoms with van der Waals surface area (Å²) in [5.74, 6) is 1.65. The predicted octanol–water partition coefficient (Wildman–Crippen LogP) is 3.41. The maximum absolute atomic E-state index is 12.8. The Morgan fingerprint density at radius 3 is 2.88 bits per heavy atom. The number of fused-ring (bicyclic) bond motifs is 1. The Morgan fingerprint density at radius 2 is 2.12 bits per heavy atom. The molecule has 0 bridgehead atoms. The highest BCUT2D eigenvalue weighted by Crippen LogP contribution is 2.30. The van der Waals surface area contributed by atoms with Gasteiger partial charge in [0.15, 0.2) is 0 Å². The van der Waals surface area contributed by atoms with Crippen molar-refractivity contribution in [3.63, 3.8) is 0 Å². The maximum Gasteiger partial charge on any atom is 0.223 e. The maximum atomic E-state index is 12.8. The van der Waals surface area contributed by atoms with Gasteiger partial charge in [0, 0.05) is 38.2 Å². The lowest BCUT2D eigenvalue weighted by molar-refractivity contribution is -0.133. The lowest BCUT2D eigenvalue weighted by atomic mass is 9.97. The molecule has 1 amide bonds. The minimum absolute atomic E-state index is 0.232. The number of ether oxygens (including phenoxy) is 1. The summed E-state index contributed by atoms with van der Waals surface area (Å²) in [6.07, 6.45) is 14.4. The lowest BCUT2D eigenvalue weighted by Crippen LogP contribution is -2.40. The van der Waals surface area contributed by atoms with Gasteiger partial charge in [-0.05, 0) is 37.5 Å². The first kappa shape index (κ1) is 17.8. The second-order valence-corrected chi connectivity index (χ2v) is 8.32. The van der Waals surface area contributed by atoms with Crippen molar-refractivity contribution in [3.05, 3.63) is 29.9 Å². The van der Waals surface area contributed by atoms with Crippen molar-refractivity contribution in [2.24, 2.45) is 18.9 Å². The first-order valence-electron chi connectivity index (χ1n) is 10.2. The Kier molecular flexibility index (Phi) is 5.44. The van der Waals surface area contributed by atoms with E-state index in [9.17, 15) is 4.79 Å². The summed E-state index contributed by atoms with van der Waals surface area (Å²) in [6.45, 7) is 2.96. The average Bonchev–Trinajstić information content (AvgIpc) is 3.38. The fourth-order valence-electron chi connectivity index (χ4n) is 4.83. The van der Waals surface area contributed by atoms with Crippen LogP contribution in [0.5, 0.6) is 0 Å². The third kappa shape index (κ3) is 3.88. The van der Waals surface area contributed by atoms with Crippen molar-refractivity contribution in [1.29, 1.82) is 0 Å². The van der Waals surface area contributed by atoms with Gasteiger partial charge in [-0.1, -0.05) is 25.0 Å². The molecule has 2 aliphatic carbocycles. The van der Waals surface area contributed by atoms with E-state index in [0.29, 0.717) is 25.5 Å². The number of hydrogen-bond acceptors (Lipinski definition) is 3. The van der Waals surface area contributed by atoms with Crippen molar-refractivity contribution >= 4 is 5.91 Å². The number of amides is 1. The van der Waals surface area contributed by atoms with Gasteiger partial charge in [0.25, 0.3) is 0 Å². The van der Waals surface area contributed by atoms with Crippen molar-refractivity contribution < 1.29 is 9.53 Å². The van der Waals surface area contributed by atoms with Gasteiger partial charge in [-0.2, -0.15) is 0 Å². The fraction of sp³-hybridized carbons (Fsp3) is 0.714. The minimum Gasteiger partial charge on any atom is -0.380 e. The van der Waals surface area contributed by atoms with Crippen LogP contribution in [0.4, 0.5) is 0 Å². The molecule has 1 fully saturated rings. The molecule has 1 aliphatic heterocycles. The van der Waals surface area contributed by atoms with Crippen LogP contribution in [0.25, 0.3) is 0 Å². The van der Waals surface area contributed by atoms with E-state index >= 15 is 0 Å². The number of carbonyl (C=O) groups excluding carboxylic acids is 1. The molecule has 4 rings (SSSR count). The zero-order valence-corrected chi connectivity index (χ0v) is 15.9. The van der Waals surface area contributed by atoms with E-state index in [1.165, 1.54) is 31.4 Å². The van der Waals surface area contributed by atoms with E-state index in [1.54, 1.807) is 0 Å². The molecular weight excluding hydrogens is 326 g/mol. The Hall–Kier alpha value is -1.62. The number of imidazole rings is 1. The summed E-state index contributed by atoms with van der Waals surface area (Å²) in [5.41, 5.74) is 2.30. The minimum atomic E-state index is 0.232. The first-order valence-corrected chi connectivity index (χ1v) is 10.2. The SMILES string of the molecule is Cn1cnc2c1[C@H](COCC1CCCC1)CN(C(=O)C[C@H]1C=CCC1)C2. The number of aromatic nitrogens is 2.